The Morgan fingerprint density at radius 1 is 1.12 bits per heavy atom. The molecule has 0 aliphatic carbocycles. The number of guanidine groups is 1. The molecule has 0 radical (unpaired) electrons. The smallest absolute Gasteiger partial charge is 0.387 e. The molecule has 2 aromatic carbocycles. The summed E-state index contributed by atoms with van der Waals surface area (Å²) in [6, 6.07) is 14.9. The summed E-state index contributed by atoms with van der Waals surface area (Å²) in [6.45, 7) is -1.91. The third-order valence-electron chi connectivity index (χ3n) is 3.71. The number of methoxy groups -OCH3 is 1. The van der Waals surface area contributed by atoms with Gasteiger partial charge >= 0.3 is 6.61 Å². The zero-order valence-corrected chi connectivity index (χ0v) is 14.8. The number of ether oxygens (including phenoxy) is 2. The second kappa shape index (κ2) is 10.2. The Kier molecular flexibility index (Phi) is 7.67. The van der Waals surface area contributed by atoms with Crippen LogP contribution in [0, 0.1) is 0 Å². The van der Waals surface area contributed by atoms with Crippen molar-refractivity contribution in [3.8, 4) is 11.5 Å². The van der Waals surface area contributed by atoms with Crippen LogP contribution in [0.1, 0.15) is 11.1 Å². The molecule has 0 amide bonds. The first-order valence-electron chi connectivity index (χ1n) is 8.22. The molecule has 2 N–H and O–H groups in total. The molecule has 140 valence electrons. The van der Waals surface area contributed by atoms with E-state index in [9.17, 15) is 8.78 Å². The first-order chi connectivity index (χ1) is 12.6. The van der Waals surface area contributed by atoms with Crippen molar-refractivity contribution in [2.45, 2.75) is 19.6 Å². The van der Waals surface area contributed by atoms with Crippen molar-refractivity contribution in [2.24, 2.45) is 4.99 Å². The number of aliphatic imine (C=N–C) groups is 1. The van der Waals surface area contributed by atoms with Crippen LogP contribution >= 0.6 is 0 Å². The highest BCUT2D eigenvalue weighted by atomic mass is 19.3. The summed E-state index contributed by atoms with van der Waals surface area (Å²) < 4.78 is 34.8. The molecule has 0 atom stereocenters. The highest BCUT2D eigenvalue weighted by molar-refractivity contribution is 5.79. The number of alkyl halides is 2. The van der Waals surface area contributed by atoms with Crippen molar-refractivity contribution >= 4 is 5.96 Å². The number of hydrogen-bond donors (Lipinski definition) is 2. The van der Waals surface area contributed by atoms with E-state index in [0.717, 1.165) is 6.42 Å². The zero-order chi connectivity index (χ0) is 18.8. The molecule has 0 spiro atoms. The van der Waals surface area contributed by atoms with Gasteiger partial charge in [-0.2, -0.15) is 8.78 Å². The molecule has 0 saturated heterocycles. The van der Waals surface area contributed by atoms with E-state index in [1.807, 2.05) is 18.2 Å². The summed E-state index contributed by atoms with van der Waals surface area (Å²) in [4.78, 5) is 4.14. The Morgan fingerprint density at radius 2 is 1.88 bits per heavy atom. The van der Waals surface area contributed by atoms with Gasteiger partial charge in [0.05, 0.1) is 7.11 Å². The summed E-state index contributed by atoms with van der Waals surface area (Å²) in [7, 11) is 3.13. The van der Waals surface area contributed by atoms with Crippen LogP contribution in [0.3, 0.4) is 0 Å². The highest BCUT2D eigenvalue weighted by Crippen LogP contribution is 2.26. The number of hydrogen-bond acceptors (Lipinski definition) is 3. The highest BCUT2D eigenvalue weighted by Gasteiger charge is 2.11. The standard InChI is InChI=1S/C19H23F2N3O2/c1-22-19(23-11-10-14-6-4-3-5-7-14)24-13-15-8-9-16(25-2)12-17(15)26-18(20)21/h3-9,12,18H,10-11,13H2,1-2H3,(H2,22,23,24). The zero-order valence-electron chi connectivity index (χ0n) is 14.8. The topological polar surface area (TPSA) is 54.9 Å². The lowest BCUT2D eigenvalue weighted by Crippen LogP contribution is -2.37. The molecule has 2 aromatic rings. The molecule has 0 fully saturated rings. The van der Waals surface area contributed by atoms with Gasteiger partial charge in [0, 0.05) is 31.8 Å². The van der Waals surface area contributed by atoms with E-state index in [0.29, 0.717) is 23.8 Å². The Morgan fingerprint density at radius 3 is 2.54 bits per heavy atom. The van der Waals surface area contributed by atoms with Crippen LogP contribution < -0.4 is 20.1 Å². The minimum Gasteiger partial charge on any atom is -0.497 e. The third kappa shape index (κ3) is 6.23. The van der Waals surface area contributed by atoms with E-state index in [-0.39, 0.29) is 12.3 Å². The van der Waals surface area contributed by atoms with Gasteiger partial charge in [0.1, 0.15) is 11.5 Å². The van der Waals surface area contributed by atoms with Crippen LogP contribution in [0.25, 0.3) is 0 Å². The number of nitrogens with one attached hydrogen (secondary N) is 2. The van der Waals surface area contributed by atoms with Gasteiger partial charge in [0.15, 0.2) is 5.96 Å². The Labute approximate surface area is 152 Å². The first-order valence-corrected chi connectivity index (χ1v) is 8.22. The fourth-order valence-electron chi connectivity index (χ4n) is 2.38. The SMILES string of the molecule is CN=C(NCCc1ccccc1)NCc1ccc(OC)cc1OC(F)F. The molecule has 0 heterocycles. The van der Waals surface area contributed by atoms with Gasteiger partial charge in [-0.15, -0.1) is 0 Å². The van der Waals surface area contributed by atoms with Gasteiger partial charge in [-0.05, 0) is 24.1 Å². The number of rotatable bonds is 8. The van der Waals surface area contributed by atoms with Crippen molar-refractivity contribution in [1.29, 1.82) is 0 Å². The molecule has 7 heteroatoms. The molecule has 2 rings (SSSR count). The largest absolute Gasteiger partial charge is 0.497 e. The summed E-state index contributed by atoms with van der Waals surface area (Å²) >= 11 is 0. The van der Waals surface area contributed by atoms with E-state index in [2.05, 4.69) is 32.5 Å². The lowest BCUT2D eigenvalue weighted by atomic mass is 10.1. The second-order valence-corrected chi connectivity index (χ2v) is 5.44. The Hall–Kier alpha value is -2.83. The quantitative estimate of drug-likeness (QED) is 0.559. The Bertz CT molecular complexity index is 709. The molecule has 5 nitrogen and oxygen atoms in total. The molecule has 0 unspecified atom stereocenters. The summed E-state index contributed by atoms with van der Waals surface area (Å²) in [5.74, 6) is 1.11. The molecular formula is C19H23F2N3O2. The normalized spacial score (nSPS) is 11.3. The second-order valence-electron chi connectivity index (χ2n) is 5.44. The van der Waals surface area contributed by atoms with Crippen molar-refractivity contribution in [3.05, 3.63) is 59.7 Å². The Balaban J connectivity index is 1.91. The van der Waals surface area contributed by atoms with E-state index in [1.165, 1.54) is 18.7 Å². The van der Waals surface area contributed by atoms with Crippen LogP contribution in [0.5, 0.6) is 11.5 Å². The molecule has 0 bridgehead atoms. The fourth-order valence-corrected chi connectivity index (χ4v) is 2.38. The predicted molar refractivity (Wildman–Crippen MR) is 98.0 cm³/mol. The average Bonchev–Trinajstić information content (AvgIpc) is 2.65. The maximum atomic E-state index is 12.6. The third-order valence-corrected chi connectivity index (χ3v) is 3.71. The maximum Gasteiger partial charge on any atom is 0.387 e. The lowest BCUT2D eigenvalue weighted by Gasteiger charge is -2.15. The molecule has 0 aliphatic rings. The van der Waals surface area contributed by atoms with E-state index >= 15 is 0 Å². The van der Waals surface area contributed by atoms with Crippen molar-refractivity contribution in [1.82, 2.24) is 10.6 Å². The molecule has 0 aromatic heterocycles. The lowest BCUT2D eigenvalue weighted by molar-refractivity contribution is -0.0505. The van der Waals surface area contributed by atoms with Crippen LogP contribution in [0.4, 0.5) is 8.78 Å². The first kappa shape index (κ1) is 19.5. The van der Waals surface area contributed by atoms with Crippen molar-refractivity contribution in [2.75, 3.05) is 20.7 Å². The minimum absolute atomic E-state index is 0.0755. The van der Waals surface area contributed by atoms with E-state index in [4.69, 9.17) is 4.74 Å². The number of benzene rings is 2. The maximum absolute atomic E-state index is 12.6. The molecule has 0 aliphatic heterocycles. The number of nitrogens with zero attached hydrogens (tertiary/aromatic N) is 1. The van der Waals surface area contributed by atoms with Crippen LogP contribution in [0.15, 0.2) is 53.5 Å². The molecular weight excluding hydrogens is 340 g/mol. The van der Waals surface area contributed by atoms with Gasteiger partial charge in [0.2, 0.25) is 0 Å². The average molecular weight is 363 g/mol. The minimum atomic E-state index is -2.90. The van der Waals surface area contributed by atoms with Crippen LogP contribution in [-0.4, -0.2) is 33.3 Å². The molecule has 0 saturated carbocycles. The molecule has 26 heavy (non-hydrogen) atoms. The van der Waals surface area contributed by atoms with Crippen LogP contribution in [0.2, 0.25) is 0 Å². The van der Waals surface area contributed by atoms with E-state index in [1.54, 1.807) is 19.2 Å². The van der Waals surface area contributed by atoms with E-state index < -0.39 is 6.61 Å². The summed E-state index contributed by atoms with van der Waals surface area (Å²) in [6.07, 6.45) is 0.851. The van der Waals surface area contributed by atoms with Gasteiger partial charge < -0.3 is 20.1 Å². The summed E-state index contributed by atoms with van der Waals surface area (Å²) in [5, 5.41) is 6.29. The summed E-state index contributed by atoms with van der Waals surface area (Å²) in [5.41, 5.74) is 1.80. The van der Waals surface area contributed by atoms with Crippen LogP contribution in [-0.2, 0) is 13.0 Å². The number of halogens is 2. The van der Waals surface area contributed by atoms with Gasteiger partial charge in [-0.1, -0.05) is 30.3 Å². The predicted octanol–water partition coefficient (Wildman–Crippen LogP) is 3.20. The van der Waals surface area contributed by atoms with Gasteiger partial charge in [-0.25, -0.2) is 0 Å². The van der Waals surface area contributed by atoms with Gasteiger partial charge in [0.25, 0.3) is 0 Å². The monoisotopic (exact) mass is 363 g/mol. The van der Waals surface area contributed by atoms with Gasteiger partial charge in [-0.3, -0.25) is 4.99 Å². The fraction of sp³-hybridized carbons (Fsp3) is 0.316. The van der Waals surface area contributed by atoms with Crippen molar-refractivity contribution in [3.63, 3.8) is 0 Å². The van der Waals surface area contributed by atoms with Crippen molar-refractivity contribution < 1.29 is 18.3 Å².